The molecule has 88 valence electrons. The maximum Gasteiger partial charge on any atom is 0.337 e. The summed E-state index contributed by atoms with van der Waals surface area (Å²) in [6.07, 6.45) is 3.38. The predicted molar refractivity (Wildman–Crippen MR) is 64.0 cm³/mol. The molecule has 1 aromatic heterocycles. The molecule has 0 atom stereocenters. The molecule has 1 fully saturated rings. The molecule has 17 heavy (non-hydrogen) atoms. The van der Waals surface area contributed by atoms with E-state index in [9.17, 15) is 4.79 Å². The summed E-state index contributed by atoms with van der Waals surface area (Å²) < 4.78 is 1.96. The molecule has 1 aliphatic carbocycles. The van der Waals surface area contributed by atoms with Crippen LogP contribution in [0.2, 0.25) is 0 Å². The van der Waals surface area contributed by atoms with Crippen LogP contribution in [0.5, 0.6) is 0 Å². The Morgan fingerprint density at radius 2 is 2.24 bits per heavy atom. The number of fused-ring (bicyclic) bond motifs is 1. The molecule has 0 spiro atoms. The van der Waals surface area contributed by atoms with Crippen LogP contribution in [0, 0.1) is 0 Å². The van der Waals surface area contributed by atoms with Crippen molar-refractivity contribution in [2.24, 2.45) is 0 Å². The van der Waals surface area contributed by atoms with E-state index in [0.29, 0.717) is 17.5 Å². The van der Waals surface area contributed by atoms with Crippen LogP contribution < -0.4 is 5.73 Å². The van der Waals surface area contributed by atoms with Gasteiger partial charge in [-0.25, -0.2) is 9.78 Å². The minimum atomic E-state index is -0.964. The molecule has 0 aliphatic heterocycles. The van der Waals surface area contributed by atoms with Crippen molar-refractivity contribution in [3.63, 3.8) is 0 Å². The number of rotatable bonds is 2. The number of carbonyl (C=O) groups is 1. The van der Waals surface area contributed by atoms with Gasteiger partial charge in [-0.15, -0.1) is 0 Å². The average molecular weight is 231 g/mol. The first-order valence-electron chi connectivity index (χ1n) is 5.68. The Morgan fingerprint density at radius 1 is 1.47 bits per heavy atom. The first kappa shape index (κ1) is 10.1. The maximum absolute atomic E-state index is 11.1. The predicted octanol–water partition coefficient (Wildman–Crippen LogP) is 2.04. The van der Waals surface area contributed by atoms with Gasteiger partial charge in [0.05, 0.1) is 11.1 Å². The normalized spacial score (nSPS) is 16.0. The summed E-state index contributed by atoms with van der Waals surface area (Å²) in [5.41, 5.74) is 7.42. The average Bonchev–Trinajstić information content (AvgIpc) is 2.53. The fraction of sp³-hybridized carbons (Fsp3) is 0.333. The Balaban J connectivity index is 2.26. The number of carboxylic acid groups (broad SMARTS) is 1. The zero-order valence-electron chi connectivity index (χ0n) is 9.26. The minimum Gasteiger partial charge on any atom is -0.478 e. The zero-order valence-corrected chi connectivity index (χ0v) is 9.26. The molecule has 0 radical (unpaired) electrons. The lowest BCUT2D eigenvalue weighted by Crippen LogP contribution is -2.18. The van der Waals surface area contributed by atoms with Crippen molar-refractivity contribution in [2.75, 3.05) is 5.73 Å². The fourth-order valence-corrected chi connectivity index (χ4v) is 2.34. The van der Waals surface area contributed by atoms with E-state index in [-0.39, 0.29) is 5.56 Å². The highest BCUT2D eigenvalue weighted by Crippen LogP contribution is 2.36. The van der Waals surface area contributed by atoms with Gasteiger partial charge < -0.3 is 15.4 Å². The summed E-state index contributed by atoms with van der Waals surface area (Å²) in [7, 11) is 0. The van der Waals surface area contributed by atoms with E-state index in [2.05, 4.69) is 4.98 Å². The first-order valence-corrected chi connectivity index (χ1v) is 5.68. The molecule has 5 heteroatoms. The standard InChI is InChI=1S/C12H13N3O2/c13-12-14-10-8(11(16)17)5-2-6-9(10)15(12)7-3-1-4-7/h2,5-7H,1,3-4H2,(H2,13,14)(H,16,17). The van der Waals surface area contributed by atoms with Gasteiger partial charge in [0, 0.05) is 6.04 Å². The van der Waals surface area contributed by atoms with Crippen molar-refractivity contribution in [3.05, 3.63) is 23.8 Å². The van der Waals surface area contributed by atoms with Gasteiger partial charge in [-0.3, -0.25) is 0 Å². The second kappa shape index (κ2) is 3.48. The second-order valence-electron chi connectivity index (χ2n) is 4.40. The number of imidazole rings is 1. The maximum atomic E-state index is 11.1. The van der Waals surface area contributed by atoms with Crippen molar-refractivity contribution >= 4 is 23.0 Å². The van der Waals surface area contributed by atoms with Crippen molar-refractivity contribution in [1.29, 1.82) is 0 Å². The van der Waals surface area contributed by atoms with E-state index < -0.39 is 5.97 Å². The summed E-state index contributed by atoms with van der Waals surface area (Å²) >= 11 is 0. The Morgan fingerprint density at radius 3 is 2.82 bits per heavy atom. The molecule has 1 heterocycles. The highest BCUT2D eigenvalue weighted by atomic mass is 16.4. The third-order valence-corrected chi connectivity index (χ3v) is 3.42. The van der Waals surface area contributed by atoms with Crippen LogP contribution >= 0.6 is 0 Å². The zero-order chi connectivity index (χ0) is 12.0. The van der Waals surface area contributed by atoms with Gasteiger partial charge in [0.2, 0.25) is 5.95 Å². The highest BCUT2D eigenvalue weighted by molar-refractivity contribution is 6.01. The quantitative estimate of drug-likeness (QED) is 0.828. The molecule has 1 saturated carbocycles. The fourth-order valence-electron chi connectivity index (χ4n) is 2.34. The van der Waals surface area contributed by atoms with E-state index >= 15 is 0 Å². The summed E-state index contributed by atoms with van der Waals surface area (Å²) in [5.74, 6) is -0.549. The number of nitrogens with zero attached hydrogens (tertiary/aromatic N) is 2. The van der Waals surface area contributed by atoms with Crippen LogP contribution in [0.3, 0.4) is 0 Å². The van der Waals surface area contributed by atoms with Gasteiger partial charge in [0.1, 0.15) is 5.52 Å². The molecule has 0 bridgehead atoms. The number of anilines is 1. The molecule has 3 N–H and O–H groups in total. The third kappa shape index (κ3) is 1.39. The summed E-state index contributed by atoms with van der Waals surface area (Å²) in [6, 6.07) is 5.55. The van der Waals surface area contributed by atoms with E-state index in [0.717, 1.165) is 18.4 Å². The van der Waals surface area contributed by atoms with Crippen LogP contribution in [-0.2, 0) is 0 Å². The Labute approximate surface area is 97.9 Å². The van der Waals surface area contributed by atoms with Crippen LogP contribution in [0.15, 0.2) is 18.2 Å². The number of hydrogen-bond donors (Lipinski definition) is 2. The van der Waals surface area contributed by atoms with Crippen LogP contribution in [-0.4, -0.2) is 20.6 Å². The Hall–Kier alpha value is -2.04. The number of aromatic nitrogens is 2. The number of nitrogen functional groups attached to an aromatic ring is 1. The molecule has 0 saturated heterocycles. The molecule has 1 aromatic carbocycles. The smallest absolute Gasteiger partial charge is 0.337 e. The van der Waals surface area contributed by atoms with Crippen molar-refractivity contribution < 1.29 is 9.90 Å². The molecule has 0 unspecified atom stereocenters. The number of aromatic carboxylic acids is 1. The highest BCUT2D eigenvalue weighted by Gasteiger charge is 2.25. The van der Waals surface area contributed by atoms with Gasteiger partial charge in [0.15, 0.2) is 0 Å². The van der Waals surface area contributed by atoms with Gasteiger partial charge in [0.25, 0.3) is 0 Å². The number of benzene rings is 1. The molecular weight excluding hydrogens is 218 g/mol. The second-order valence-corrected chi connectivity index (χ2v) is 4.40. The number of para-hydroxylation sites is 1. The summed E-state index contributed by atoms with van der Waals surface area (Å²) in [4.78, 5) is 15.3. The first-order chi connectivity index (χ1) is 8.18. The SMILES string of the molecule is Nc1nc2c(C(=O)O)cccc2n1C1CCC1. The van der Waals surface area contributed by atoms with Crippen molar-refractivity contribution in [2.45, 2.75) is 25.3 Å². The summed E-state index contributed by atoms with van der Waals surface area (Å²) in [5, 5.41) is 9.10. The van der Waals surface area contributed by atoms with Gasteiger partial charge in [-0.1, -0.05) is 6.07 Å². The largest absolute Gasteiger partial charge is 0.478 e. The Kier molecular flexibility index (Phi) is 2.07. The summed E-state index contributed by atoms with van der Waals surface area (Å²) in [6.45, 7) is 0. The van der Waals surface area contributed by atoms with Crippen molar-refractivity contribution in [1.82, 2.24) is 9.55 Å². The van der Waals surface area contributed by atoms with Crippen LogP contribution in [0.4, 0.5) is 5.95 Å². The molecule has 3 rings (SSSR count). The molecule has 5 nitrogen and oxygen atoms in total. The molecule has 0 amide bonds. The van der Waals surface area contributed by atoms with E-state index in [1.165, 1.54) is 6.42 Å². The lowest BCUT2D eigenvalue weighted by Gasteiger charge is -2.28. The Bertz CT molecular complexity index is 599. The van der Waals surface area contributed by atoms with Crippen LogP contribution in [0.1, 0.15) is 35.7 Å². The molecule has 2 aromatic rings. The third-order valence-electron chi connectivity index (χ3n) is 3.42. The lowest BCUT2D eigenvalue weighted by molar-refractivity contribution is 0.0699. The number of nitrogens with two attached hydrogens (primary N) is 1. The van der Waals surface area contributed by atoms with E-state index in [1.54, 1.807) is 12.1 Å². The monoisotopic (exact) mass is 231 g/mol. The molecular formula is C12H13N3O2. The van der Waals surface area contributed by atoms with Crippen LogP contribution in [0.25, 0.3) is 11.0 Å². The number of hydrogen-bond acceptors (Lipinski definition) is 3. The van der Waals surface area contributed by atoms with Gasteiger partial charge in [-0.05, 0) is 31.4 Å². The number of carboxylic acids is 1. The molecule has 1 aliphatic rings. The van der Waals surface area contributed by atoms with Gasteiger partial charge in [-0.2, -0.15) is 0 Å². The van der Waals surface area contributed by atoms with E-state index in [1.807, 2.05) is 10.6 Å². The van der Waals surface area contributed by atoms with Gasteiger partial charge >= 0.3 is 5.97 Å². The van der Waals surface area contributed by atoms with Crippen molar-refractivity contribution in [3.8, 4) is 0 Å². The van der Waals surface area contributed by atoms with E-state index in [4.69, 9.17) is 10.8 Å². The lowest BCUT2D eigenvalue weighted by atomic mass is 9.92. The topological polar surface area (TPSA) is 81.1 Å². The minimum absolute atomic E-state index is 0.215.